The monoisotopic (exact) mass is 437 g/mol. The van der Waals surface area contributed by atoms with E-state index in [9.17, 15) is 13.2 Å². The van der Waals surface area contributed by atoms with Crippen molar-refractivity contribution in [1.82, 2.24) is 14.8 Å². The number of fused-ring (bicyclic) bond motifs is 1. The van der Waals surface area contributed by atoms with E-state index in [-0.39, 0.29) is 16.8 Å². The van der Waals surface area contributed by atoms with Crippen molar-refractivity contribution in [2.75, 3.05) is 19.6 Å². The number of rotatable bonds is 5. The van der Waals surface area contributed by atoms with Gasteiger partial charge in [0, 0.05) is 38.1 Å². The third-order valence-corrected chi connectivity index (χ3v) is 8.11. The number of carbonyl (C=O) groups is 1. The fourth-order valence-corrected chi connectivity index (χ4v) is 6.26. The van der Waals surface area contributed by atoms with Crippen molar-refractivity contribution in [3.63, 3.8) is 0 Å². The summed E-state index contributed by atoms with van der Waals surface area (Å²) < 4.78 is 31.7. The number of amides is 1. The molecule has 2 saturated heterocycles. The molecule has 4 rings (SSSR count). The highest BCUT2D eigenvalue weighted by Crippen LogP contribution is 2.29. The SMILES string of the molecule is Cc1nc2ccc(S(=O)(=O)O[C@H]3CCN(C4CCN(C(C)C)CC4)C3=O)cc2s1. The zero-order chi connectivity index (χ0) is 20.8. The topological polar surface area (TPSA) is 79.8 Å². The van der Waals surface area contributed by atoms with Crippen LogP contribution < -0.4 is 0 Å². The number of aryl methyl sites for hydroxylation is 1. The van der Waals surface area contributed by atoms with Crippen LogP contribution in [0.1, 0.15) is 38.1 Å². The smallest absolute Gasteiger partial charge is 0.297 e. The number of nitrogens with zero attached hydrogens (tertiary/aromatic N) is 3. The van der Waals surface area contributed by atoms with E-state index in [1.54, 1.807) is 12.1 Å². The van der Waals surface area contributed by atoms with Crippen LogP contribution in [0.5, 0.6) is 0 Å². The Hall–Kier alpha value is -1.55. The lowest BCUT2D eigenvalue weighted by Gasteiger charge is -2.38. The van der Waals surface area contributed by atoms with Crippen molar-refractivity contribution in [3.05, 3.63) is 23.2 Å². The molecule has 2 aliphatic rings. The standard InChI is InChI=1S/C20H27N3O4S2/c1-13(2)22-9-6-15(7-10-22)23-11-8-18(20(23)24)27-29(25,26)16-4-5-17-19(12-16)28-14(3)21-17/h4-5,12-13,15,18H,6-11H2,1-3H3/t18-/m0/s1. The second-order valence-electron chi connectivity index (χ2n) is 8.08. The van der Waals surface area contributed by atoms with Crippen molar-refractivity contribution in [3.8, 4) is 0 Å². The predicted octanol–water partition coefficient (Wildman–Crippen LogP) is 2.78. The van der Waals surface area contributed by atoms with Gasteiger partial charge in [0.05, 0.1) is 20.1 Å². The van der Waals surface area contributed by atoms with Gasteiger partial charge in [0.1, 0.15) is 0 Å². The molecule has 2 aliphatic heterocycles. The molecule has 9 heteroatoms. The second kappa shape index (κ2) is 7.94. The van der Waals surface area contributed by atoms with E-state index in [4.69, 9.17) is 4.18 Å². The summed E-state index contributed by atoms with van der Waals surface area (Å²) in [6.45, 7) is 8.72. The number of carbonyl (C=O) groups excluding carboxylic acids is 1. The van der Waals surface area contributed by atoms with Crippen molar-refractivity contribution < 1.29 is 17.4 Å². The maximum atomic E-state index is 12.9. The van der Waals surface area contributed by atoms with Crippen LogP contribution in [0.15, 0.2) is 23.1 Å². The Morgan fingerprint density at radius 2 is 1.90 bits per heavy atom. The maximum Gasteiger partial charge on any atom is 0.297 e. The van der Waals surface area contributed by atoms with Crippen LogP contribution >= 0.6 is 11.3 Å². The van der Waals surface area contributed by atoms with Gasteiger partial charge in [-0.05, 0) is 51.8 Å². The first kappa shape index (κ1) is 20.7. The first-order valence-electron chi connectivity index (χ1n) is 10.1. The van der Waals surface area contributed by atoms with Gasteiger partial charge < -0.3 is 9.80 Å². The molecule has 0 N–H and O–H groups in total. The van der Waals surface area contributed by atoms with E-state index >= 15 is 0 Å². The summed E-state index contributed by atoms with van der Waals surface area (Å²) in [5.41, 5.74) is 0.766. The molecule has 1 aromatic carbocycles. The highest BCUT2D eigenvalue weighted by molar-refractivity contribution is 7.86. The molecule has 3 heterocycles. The molecule has 0 aliphatic carbocycles. The highest BCUT2D eigenvalue weighted by atomic mass is 32.2. The van der Waals surface area contributed by atoms with Crippen molar-refractivity contribution in [2.24, 2.45) is 0 Å². The van der Waals surface area contributed by atoms with Crippen LogP contribution in [-0.2, 0) is 19.1 Å². The van der Waals surface area contributed by atoms with E-state index in [0.29, 0.717) is 19.0 Å². The Kier molecular flexibility index (Phi) is 5.67. The third kappa shape index (κ3) is 4.19. The molecule has 2 fully saturated rings. The zero-order valence-corrected chi connectivity index (χ0v) is 18.6. The van der Waals surface area contributed by atoms with Crippen molar-refractivity contribution >= 4 is 37.6 Å². The molecule has 29 heavy (non-hydrogen) atoms. The Bertz CT molecular complexity index is 1010. The number of piperidine rings is 1. The average molecular weight is 438 g/mol. The predicted molar refractivity (Wildman–Crippen MR) is 112 cm³/mol. The maximum absolute atomic E-state index is 12.9. The van der Waals surface area contributed by atoms with Gasteiger partial charge >= 0.3 is 0 Å². The molecule has 2 aromatic rings. The Morgan fingerprint density at radius 1 is 1.17 bits per heavy atom. The van der Waals surface area contributed by atoms with E-state index in [0.717, 1.165) is 41.2 Å². The molecule has 0 unspecified atom stereocenters. The van der Waals surface area contributed by atoms with Gasteiger partial charge in [0.25, 0.3) is 16.0 Å². The molecule has 158 valence electrons. The van der Waals surface area contributed by atoms with Crippen LogP contribution in [0.2, 0.25) is 0 Å². The lowest BCUT2D eigenvalue weighted by Crippen LogP contribution is -2.48. The van der Waals surface area contributed by atoms with Crippen LogP contribution in [0.25, 0.3) is 10.2 Å². The minimum absolute atomic E-state index is 0.0742. The van der Waals surface area contributed by atoms with E-state index in [2.05, 4.69) is 23.7 Å². The Morgan fingerprint density at radius 3 is 2.59 bits per heavy atom. The van der Waals surface area contributed by atoms with E-state index in [1.165, 1.54) is 17.4 Å². The first-order chi connectivity index (χ1) is 13.7. The average Bonchev–Trinajstić information content (AvgIpc) is 3.22. The van der Waals surface area contributed by atoms with Crippen molar-refractivity contribution in [1.29, 1.82) is 0 Å². The molecule has 0 radical (unpaired) electrons. The lowest BCUT2D eigenvalue weighted by atomic mass is 10.0. The summed E-state index contributed by atoms with van der Waals surface area (Å²) in [6.07, 6.45) is 1.32. The van der Waals surface area contributed by atoms with Crippen LogP contribution in [0.4, 0.5) is 0 Å². The minimum atomic E-state index is -4.01. The summed E-state index contributed by atoms with van der Waals surface area (Å²) in [5, 5.41) is 0.876. The van der Waals surface area contributed by atoms with Crippen LogP contribution in [-0.4, -0.2) is 66.9 Å². The van der Waals surface area contributed by atoms with Gasteiger partial charge in [0.15, 0.2) is 6.10 Å². The molecule has 0 saturated carbocycles. The van der Waals surface area contributed by atoms with Gasteiger partial charge in [0.2, 0.25) is 0 Å². The van der Waals surface area contributed by atoms with Crippen LogP contribution in [0, 0.1) is 6.92 Å². The van der Waals surface area contributed by atoms with Gasteiger partial charge in [-0.2, -0.15) is 8.42 Å². The fourth-order valence-electron chi connectivity index (χ4n) is 4.22. The van der Waals surface area contributed by atoms with Gasteiger partial charge in [-0.15, -0.1) is 11.3 Å². The number of thiazole rings is 1. The normalized spacial score (nSPS) is 22.3. The Labute approximate surface area is 175 Å². The number of hydrogen-bond acceptors (Lipinski definition) is 7. The zero-order valence-electron chi connectivity index (χ0n) is 17.0. The first-order valence-corrected chi connectivity index (χ1v) is 12.3. The molecule has 0 bridgehead atoms. The van der Waals surface area contributed by atoms with Crippen molar-refractivity contribution in [2.45, 2.75) is 63.1 Å². The summed E-state index contributed by atoms with van der Waals surface area (Å²) in [6, 6.07) is 5.43. The fraction of sp³-hybridized carbons (Fsp3) is 0.600. The van der Waals surface area contributed by atoms with Gasteiger partial charge in [-0.25, -0.2) is 4.98 Å². The number of hydrogen-bond donors (Lipinski definition) is 0. The third-order valence-electron chi connectivity index (χ3n) is 5.86. The second-order valence-corrected chi connectivity index (χ2v) is 10.9. The number of aromatic nitrogens is 1. The van der Waals surface area contributed by atoms with Gasteiger partial charge in [-0.1, -0.05) is 0 Å². The molecule has 1 atom stereocenters. The molecule has 0 spiro atoms. The largest absolute Gasteiger partial charge is 0.337 e. The summed E-state index contributed by atoms with van der Waals surface area (Å²) in [7, 11) is -4.01. The molecular weight excluding hydrogens is 410 g/mol. The number of likely N-dealkylation sites (tertiary alicyclic amines) is 2. The molecular formula is C20H27N3O4S2. The summed E-state index contributed by atoms with van der Waals surface area (Å²) in [5.74, 6) is -0.203. The summed E-state index contributed by atoms with van der Waals surface area (Å²) in [4.78, 5) is 21.5. The molecule has 1 amide bonds. The Balaban J connectivity index is 1.43. The quantitative estimate of drug-likeness (QED) is 0.669. The lowest BCUT2D eigenvalue weighted by molar-refractivity contribution is -0.136. The van der Waals surface area contributed by atoms with E-state index < -0.39 is 16.2 Å². The highest BCUT2D eigenvalue weighted by Gasteiger charge is 2.40. The van der Waals surface area contributed by atoms with Gasteiger partial charge in [-0.3, -0.25) is 8.98 Å². The molecule has 1 aromatic heterocycles. The van der Waals surface area contributed by atoms with Crippen LogP contribution in [0.3, 0.4) is 0 Å². The molecule has 7 nitrogen and oxygen atoms in total. The van der Waals surface area contributed by atoms with E-state index in [1.807, 2.05) is 11.8 Å². The summed E-state index contributed by atoms with van der Waals surface area (Å²) >= 11 is 1.44. The number of benzene rings is 1. The minimum Gasteiger partial charge on any atom is -0.337 e.